The molecule has 2 aliphatic rings. The van der Waals surface area contributed by atoms with Crippen LogP contribution >= 0.6 is 0 Å². The quantitative estimate of drug-likeness (QED) is 0.290. The maximum absolute atomic E-state index is 12.5. The van der Waals surface area contributed by atoms with E-state index in [1.165, 1.54) is 11.1 Å². The molecule has 2 amide bonds. The monoisotopic (exact) mass is 593 g/mol. The fourth-order valence-corrected chi connectivity index (χ4v) is 5.71. The Morgan fingerprint density at radius 3 is 2.05 bits per heavy atom. The van der Waals surface area contributed by atoms with Gasteiger partial charge in [0.25, 0.3) is 0 Å². The van der Waals surface area contributed by atoms with E-state index in [1.807, 2.05) is 24.3 Å². The van der Waals surface area contributed by atoms with Crippen molar-refractivity contribution in [1.29, 1.82) is 0 Å². The molecule has 2 fully saturated rings. The number of nitrogens with one attached hydrogen (secondary N) is 2. The van der Waals surface area contributed by atoms with E-state index < -0.39 is 0 Å². The maximum Gasteiger partial charge on any atom is 0.233 e. The van der Waals surface area contributed by atoms with Crippen molar-refractivity contribution in [2.45, 2.75) is 39.0 Å². The molecule has 9 heteroatoms. The zero-order chi connectivity index (χ0) is 30.3. The molecule has 2 aromatic carbocycles. The van der Waals surface area contributed by atoms with Crippen LogP contribution in [0.4, 0.5) is 0 Å². The van der Waals surface area contributed by atoms with Crippen molar-refractivity contribution in [2.24, 2.45) is 5.92 Å². The molecule has 2 N–H and O–H groups in total. The summed E-state index contributed by atoms with van der Waals surface area (Å²) >= 11 is 0. The molecule has 9 nitrogen and oxygen atoms in total. The van der Waals surface area contributed by atoms with Gasteiger partial charge in [0, 0.05) is 59.3 Å². The van der Waals surface area contributed by atoms with Crippen molar-refractivity contribution in [3.05, 3.63) is 59.7 Å². The van der Waals surface area contributed by atoms with Gasteiger partial charge in [-0.1, -0.05) is 29.8 Å². The van der Waals surface area contributed by atoms with Crippen LogP contribution in [0.2, 0.25) is 0 Å². The lowest BCUT2D eigenvalue weighted by molar-refractivity contribution is -0.123. The molecule has 2 aliphatic heterocycles. The summed E-state index contributed by atoms with van der Waals surface area (Å²) in [4.78, 5) is 31.2. The molecular weight excluding hydrogens is 542 g/mol. The van der Waals surface area contributed by atoms with E-state index in [9.17, 15) is 9.59 Å². The fourth-order valence-electron chi connectivity index (χ4n) is 5.71. The van der Waals surface area contributed by atoms with E-state index in [1.54, 1.807) is 7.05 Å². The average molecular weight is 594 g/mol. The lowest BCUT2D eigenvalue weighted by Crippen LogP contribution is -2.49. The van der Waals surface area contributed by atoms with Crippen LogP contribution in [0.15, 0.2) is 48.5 Å². The summed E-state index contributed by atoms with van der Waals surface area (Å²) in [6, 6.07) is 16.4. The summed E-state index contributed by atoms with van der Waals surface area (Å²) in [5.41, 5.74) is 2.44. The molecule has 4 rings (SSSR count). The van der Waals surface area contributed by atoms with Crippen molar-refractivity contribution in [3.8, 4) is 11.5 Å². The second-order valence-corrected chi connectivity index (χ2v) is 11.9. The Labute approximate surface area is 257 Å². The van der Waals surface area contributed by atoms with Gasteiger partial charge in [0.2, 0.25) is 11.8 Å². The third-order valence-corrected chi connectivity index (χ3v) is 8.54. The van der Waals surface area contributed by atoms with E-state index in [0.717, 1.165) is 89.5 Å². The summed E-state index contributed by atoms with van der Waals surface area (Å²) in [6.07, 6.45) is 4.54. The van der Waals surface area contributed by atoms with Crippen molar-refractivity contribution in [1.82, 2.24) is 25.3 Å². The third kappa shape index (κ3) is 12.2. The van der Waals surface area contributed by atoms with E-state index in [2.05, 4.69) is 56.5 Å². The first-order chi connectivity index (χ1) is 21.0. The number of hydrogen-bond donors (Lipinski definition) is 2. The number of amides is 2. The highest BCUT2D eigenvalue weighted by atomic mass is 16.5. The Bertz CT molecular complexity index is 1090. The molecule has 0 bridgehead atoms. The number of carbonyl (C=O) groups is 2. The number of rotatable bonds is 16. The smallest absolute Gasteiger partial charge is 0.233 e. The predicted molar refractivity (Wildman–Crippen MR) is 171 cm³/mol. The van der Waals surface area contributed by atoms with Crippen LogP contribution in [0.25, 0.3) is 0 Å². The highest BCUT2D eigenvalue weighted by Gasteiger charge is 2.21. The first-order valence-corrected chi connectivity index (χ1v) is 16.0. The van der Waals surface area contributed by atoms with Gasteiger partial charge in [-0.05, 0) is 81.4 Å². The van der Waals surface area contributed by atoms with Crippen molar-refractivity contribution in [3.63, 3.8) is 0 Å². The summed E-state index contributed by atoms with van der Waals surface area (Å²) in [7, 11) is 1.68. The molecule has 0 radical (unpaired) electrons. The lowest BCUT2D eigenvalue weighted by Gasteiger charge is -2.34. The van der Waals surface area contributed by atoms with Crippen molar-refractivity contribution >= 4 is 11.8 Å². The summed E-state index contributed by atoms with van der Waals surface area (Å²) < 4.78 is 11.8. The van der Waals surface area contributed by atoms with Crippen LogP contribution < -0.4 is 20.1 Å². The molecule has 2 saturated heterocycles. The van der Waals surface area contributed by atoms with Gasteiger partial charge in [0.15, 0.2) is 0 Å². The first kappa shape index (κ1) is 32.8. The molecule has 2 aromatic rings. The summed E-state index contributed by atoms with van der Waals surface area (Å²) in [5.74, 6) is 2.52. The second-order valence-electron chi connectivity index (χ2n) is 11.9. The molecule has 0 aliphatic carbocycles. The standard InChI is InChI=1S/C34H51N5O4/c1-28-4-8-31(9-5-28)43-25-23-38-17-13-30(14-18-38)26-33(40)36-15-12-29-6-10-32(11-7-29)42-24-3-16-37-19-21-39(22-20-37)27-34(41)35-2/h4-11,30H,3,12-27H2,1-2H3,(H,35,41)(H,36,40). The van der Waals surface area contributed by atoms with Crippen molar-refractivity contribution < 1.29 is 19.1 Å². The van der Waals surface area contributed by atoms with Crippen LogP contribution in [-0.2, 0) is 16.0 Å². The molecule has 0 atom stereocenters. The molecular formula is C34H51N5O4. The van der Waals surface area contributed by atoms with Crippen molar-refractivity contribution in [2.75, 3.05) is 85.7 Å². The Balaban J connectivity index is 1.00. The summed E-state index contributed by atoms with van der Waals surface area (Å²) in [6.45, 7) is 12.5. The normalized spacial score (nSPS) is 17.0. The van der Waals surface area contributed by atoms with Gasteiger partial charge in [-0.3, -0.25) is 19.4 Å². The van der Waals surface area contributed by atoms with Gasteiger partial charge in [-0.15, -0.1) is 0 Å². The summed E-state index contributed by atoms with van der Waals surface area (Å²) in [5, 5.41) is 5.81. The Hall–Kier alpha value is -3.14. The van der Waals surface area contributed by atoms with Gasteiger partial charge >= 0.3 is 0 Å². The number of benzene rings is 2. The van der Waals surface area contributed by atoms with Crippen LogP contribution in [0, 0.1) is 12.8 Å². The van der Waals surface area contributed by atoms with E-state index >= 15 is 0 Å². The Kier molecular flexibility index (Phi) is 13.6. The van der Waals surface area contributed by atoms with E-state index in [-0.39, 0.29) is 11.8 Å². The number of carbonyl (C=O) groups excluding carboxylic acids is 2. The fraction of sp³-hybridized carbons (Fsp3) is 0.588. The third-order valence-electron chi connectivity index (χ3n) is 8.54. The molecule has 2 heterocycles. The van der Waals surface area contributed by atoms with Gasteiger partial charge in [0.05, 0.1) is 13.2 Å². The number of likely N-dealkylation sites (N-methyl/N-ethyl adjacent to an activating group) is 1. The highest BCUT2D eigenvalue weighted by Crippen LogP contribution is 2.21. The SMILES string of the molecule is CNC(=O)CN1CCN(CCCOc2ccc(CCNC(=O)CC3CCN(CCOc4ccc(C)cc4)CC3)cc2)CC1. The van der Waals surface area contributed by atoms with E-state index in [4.69, 9.17) is 9.47 Å². The minimum absolute atomic E-state index is 0.0804. The van der Waals surface area contributed by atoms with Gasteiger partial charge in [-0.2, -0.15) is 0 Å². The zero-order valence-electron chi connectivity index (χ0n) is 26.2. The topological polar surface area (TPSA) is 86.4 Å². The molecule has 0 unspecified atom stereocenters. The number of nitrogens with zero attached hydrogens (tertiary/aromatic N) is 3. The van der Waals surface area contributed by atoms with E-state index in [0.29, 0.717) is 38.6 Å². The molecule has 236 valence electrons. The van der Waals surface area contributed by atoms with Gasteiger partial charge in [-0.25, -0.2) is 0 Å². The Morgan fingerprint density at radius 1 is 0.767 bits per heavy atom. The predicted octanol–water partition coefficient (Wildman–Crippen LogP) is 2.97. The average Bonchev–Trinajstić information content (AvgIpc) is 3.02. The number of hydrogen-bond acceptors (Lipinski definition) is 7. The molecule has 0 saturated carbocycles. The van der Waals surface area contributed by atoms with Crippen LogP contribution in [0.3, 0.4) is 0 Å². The second kappa shape index (κ2) is 17.9. The number of aryl methyl sites for hydroxylation is 1. The van der Waals surface area contributed by atoms with Crippen LogP contribution in [0.5, 0.6) is 11.5 Å². The number of piperazine rings is 1. The van der Waals surface area contributed by atoms with Crippen LogP contribution in [-0.4, -0.2) is 112 Å². The highest BCUT2D eigenvalue weighted by molar-refractivity contribution is 5.77. The minimum atomic E-state index is 0.0804. The molecule has 0 spiro atoms. The molecule has 0 aromatic heterocycles. The largest absolute Gasteiger partial charge is 0.494 e. The maximum atomic E-state index is 12.5. The molecule has 43 heavy (non-hydrogen) atoms. The lowest BCUT2D eigenvalue weighted by atomic mass is 9.93. The van der Waals surface area contributed by atoms with Gasteiger partial charge in [0.1, 0.15) is 18.1 Å². The number of likely N-dealkylation sites (tertiary alicyclic amines) is 1. The Morgan fingerprint density at radius 2 is 1.37 bits per heavy atom. The number of piperidine rings is 1. The minimum Gasteiger partial charge on any atom is -0.494 e. The zero-order valence-corrected chi connectivity index (χ0v) is 26.2. The van der Waals surface area contributed by atoms with Crippen LogP contribution in [0.1, 0.15) is 36.8 Å². The van der Waals surface area contributed by atoms with Gasteiger partial charge < -0.3 is 25.0 Å². The number of ether oxygens (including phenoxy) is 2. The first-order valence-electron chi connectivity index (χ1n) is 16.0.